The van der Waals surface area contributed by atoms with Crippen LogP contribution in [0.4, 0.5) is 14.5 Å². The average Bonchev–Trinajstić information content (AvgIpc) is 3.01. The zero-order valence-electron chi connectivity index (χ0n) is 11.3. The molecule has 0 bridgehead atoms. The van der Waals surface area contributed by atoms with E-state index in [1.807, 2.05) is 0 Å². The minimum Gasteiger partial charge on any atom is -0.395 e. The summed E-state index contributed by atoms with van der Waals surface area (Å²) in [4.78, 5) is 12.4. The van der Waals surface area contributed by atoms with E-state index < -0.39 is 11.7 Å². The molecule has 0 aromatic heterocycles. The van der Waals surface area contributed by atoms with Gasteiger partial charge in [-0.1, -0.05) is 12.8 Å². The Hall–Kier alpha value is -1.89. The van der Waals surface area contributed by atoms with E-state index in [1.54, 1.807) is 0 Å². The maximum absolute atomic E-state index is 12.9. The number of carbonyl (C=O) groups is 1. The Morgan fingerprint density at radius 1 is 1.24 bits per heavy atom. The van der Waals surface area contributed by atoms with E-state index >= 15 is 0 Å². The van der Waals surface area contributed by atoms with Crippen molar-refractivity contribution in [3.8, 4) is 11.5 Å². The number of ether oxygens (including phenoxy) is 2. The molecule has 0 atom stereocenters. The predicted molar refractivity (Wildman–Crippen MR) is 71.2 cm³/mol. The van der Waals surface area contributed by atoms with Gasteiger partial charge in [0.1, 0.15) is 0 Å². The van der Waals surface area contributed by atoms with E-state index in [0.717, 1.165) is 25.7 Å². The summed E-state index contributed by atoms with van der Waals surface area (Å²) in [6.07, 6.45) is -0.221. The summed E-state index contributed by atoms with van der Waals surface area (Å²) in [5, 5.41) is 2.73. The lowest BCUT2D eigenvalue weighted by Gasteiger charge is -2.25. The van der Waals surface area contributed by atoms with Gasteiger partial charge in [-0.15, -0.1) is 8.78 Å². The molecule has 1 aliphatic heterocycles. The van der Waals surface area contributed by atoms with Gasteiger partial charge in [-0.3, -0.25) is 4.79 Å². The second kappa shape index (κ2) is 4.84. The van der Waals surface area contributed by atoms with Crippen molar-refractivity contribution in [2.75, 3.05) is 11.9 Å². The molecular weight excluding hydrogens is 282 g/mol. The Kier molecular flexibility index (Phi) is 3.24. The van der Waals surface area contributed by atoms with Crippen molar-refractivity contribution in [3.05, 3.63) is 18.2 Å². The molecule has 1 amide bonds. The lowest BCUT2D eigenvalue weighted by atomic mass is 9.85. The van der Waals surface area contributed by atoms with Crippen LogP contribution in [0.25, 0.3) is 0 Å². The molecule has 1 saturated carbocycles. The number of nitrogens with two attached hydrogens (primary N) is 1. The fourth-order valence-corrected chi connectivity index (χ4v) is 2.87. The third kappa shape index (κ3) is 2.53. The smallest absolute Gasteiger partial charge is 0.395 e. The van der Waals surface area contributed by atoms with E-state index in [4.69, 9.17) is 5.73 Å². The topological polar surface area (TPSA) is 73.6 Å². The minimum atomic E-state index is -3.66. The van der Waals surface area contributed by atoms with Gasteiger partial charge >= 0.3 is 6.29 Å². The Morgan fingerprint density at radius 2 is 1.90 bits per heavy atom. The molecule has 3 N–H and O–H groups in total. The number of halogens is 2. The summed E-state index contributed by atoms with van der Waals surface area (Å²) in [7, 11) is 0. The van der Waals surface area contributed by atoms with Crippen LogP contribution < -0.4 is 20.5 Å². The molecule has 2 aliphatic rings. The number of benzene rings is 1. The summed E-state index contributed by atoms with van der Waals surface area (Å²) in [5.74, 6) is -0.313. The molecule has 1 fully saturated rings. The summed E-state index contributed by atoms with van der Waals surface area (Å²) in [5.41, 5.74) is 5.58. The molecule has 0 radical (unpaired) electrons. The molecule has 0 unspecified atom stereocenters. The zero-order valence-corrected chi connectivity index (χ0v) is 11.3. The van der Waals surface area contributed by atoms with Crippen LogP contribution in [0, 0.1) is 5.41 Å². The molecular formula is C14H16F2N2O3. The van der Waals surface area contributed by atoms with Gasteiger partial charge in [0, 0.05) is 18.3 Å². The molecule has 0 spiro atoms. The molecule has 0 saturated heterocycles. The van der Waals surface area contributed by atoms with E-state index in [-0.39, 0.29) is 24.0 Å². The van der Waals surface area contributed by atoms with E-state index in [2.05, 4.69) is 14.8 Å². The Balaban J connectivity index is 1.76. The van der Waals surface area contributed by atoms with Gasteiger partial charge < -0.3 is 20.5 Å². The van der Waals surface area contributed by atoms with Crippen LogP contribution in [0.3, 0.4) is 0 Å². The SMILES string of the molecule is NCC1(C(=O)Nc2ccc3c(c2)OC(F)(F)O3)CCCC1. The van der Waals surface area contributed by atoms with Crippen molar-refractivity contribution in [2.45, 2.75) is 32.0 Å². The van der Waals surface area contributed by atoms with Crippen LogP contribution >= 0.6 is 0 Å². The Bertz CT molecular complexity index is 571. The normalized spacial score (nSPS) is 21.3. The molecule has 21 heavy (non-hydrogen) atoms. The van der Waals surface area contributed by atoms with Gasteiger partial charge in [0.05, 0.1) is 5.41 Å². The number of hydrogen-bond acceptors (Lipinski definition) is 4. The highest BCUT2D eigenvalue weighted by Gasteiger charge is 2.44. The van der Waals surface area contributed by atoms with Crippen LogP contribution in [0.5, 0.6) is 11.5 Å². The van der Waals surface area contributed by atoms with Gasteiger partial charge in [0.25, 0.3) is 0 Å². The quantitative estimate of drug-likeness (QED) is 0.899. The Morgan fingerprint density at radius 3 is 2.57 bits per heavy atom. The van der Waals surface area contributed by atoms with Crippen molar-refractivity contribution >= 4 is 11.6 Å². The molecule has 5 nitrogen and oxygen atoms in total. The fraction of sp³-hybridized carbons (Fsp3) is 0.500. The molecule has 1 aliphatic carbocycles. The van der Waals surface area contributed by atoms with E-state index in [9.17, 15) is 13.6 Å². The predicted octanol–water partition coefficient (Wildman–Crippen LogP) is 2.47. The van der Waals surface area contributed by atoms with Crippen LogP contribution in [0.1, 0.15) is 25.7 Å². The van der Waals surface area contributed by atoms with Gasteiger partial charge in [0.15, 0.2) is 11.5 Å². The average molecular weight is 298 g/mol. The first-order chi connectivity index (χ1) is 9.94. The number of carbonyl (C=O) groups excluding carboxylic acids is 1. The summed E-state index contributed by atoms with van der Waals surface area (Å²) in [6.45, 7) is 0.279. The van der Waals surface area contributed by atoms with Gasteiger partial charge in [-0.2, -0.15) is 0 Å². The zero-order chi connectivity index (χ0) is 15.1. The molecule has 3 rings (SSSR count). The van der Waals surface area contributed by atoms with Crippen LogP contribution in [-0.4, -0.2) is 18.7 Å². The van der Waals surface area contributed by atoms with Crippen molar-refractivity contribution in [1.82, 2.24) is 0 Å². The Labute approximate surface area is 120 Å². The van der Waals surface area contributed by atoms with Crippen LogP contribution in [0.2, 0.25) is 0 Å². The summed E-state index contributed by atoms with van der Waals surface area (Å²) < 4.78 is 34.6. The fourth-order valence-electron chi connectivity index (χ4n) is 2.87. The maximum Gasteiger partial charge on any atom is 0.586 e. The maximum atomic E-state index is 12.9. The largest absolute Gasteiger partial charge is 0.586 e. The number of fused-ring (bicyclic) bond motifs is 1. The van der Waals surface area contributed by atoms with Crippen LogP contribution in [-0.2, 0) is 4.79 Å². The van der Waals surface area contributed by atoms with E-state index in [1.165, 1.54) is 18.2 Å². The second-order valence-electron chi connectivity index (χ2n) is 5.47. The molecule has 1 aromatic carbocycles. The first kappa shape index (κ1) is 14.1. The number of alkyl halides is 2. The van der Waals surface area contributed by atoms with Crippen molar-refractivity contribution < 1.29 is 23.0 Å². The molecule has 7 heteroatoms. The lowest BCUT2D eigenvalue weighted by molar-refractivity contribution is -0.286. The second-order valence-corrected chi connectivity index (χ2v) is 5.47. The monoisotopic (exact) mass is 298 g/mol. The summed E-state index contributed by atoms with van der Waals surface area (Å²) >= 11 is 0. The number of rotatable bonds is 3. The number of nitrogens with one attached hydrogen (secondary N) is 1. The molecule has 1 heterocycles. The minimum absolute atomic E-state index is 0.0487. The first-order valence-electron chi connectivity index (χ1n) is 6.86. The lowest BCUT2D eigenvalue weighted by Crippen LogP contribution is -2.40. The van der Waals surface area contributed by atoms with Gasteiger partial charge in [-0.05, 0) is 25.0 Å². The number of anilines is 1. The number of hydrogen-bond donors (Lipinski definition) is 2. The van der Waals surface area contributed by atoms with Crippen molar-refractivity contribution in [3.63, 3.8) is 0 Å². The highest BCUT2D eigenvalue weighted by Crippen LogP contribution is 2.43. The van der Waals surface area contributed by atoms with Gasteiger partial charge in [0.2, 0.25) is 5.91 Å². The molecule has 1 aromatic rings. The highest BCUT2D eigenvalue weighted by molar-refractivity contribution is 5.96. The van der Waals surface area contributed by atoms with Gasteiger partial charge in [-0.25, -0.2) is 0 Å². The van der Waals surface area contributed by atoms with E-state index in [0.29, 0.717) is 5.69 Å². The third-order valence-corrected chi connectivity index (χ3v) is 4.09. The van der Waals surface area contributed by atoms with Crippen molar-refractivity contribution in [1.29, 1.82) is 0 Å². The number of amides is 1. The highest BCUT2D eigenvalue weighted by atomic mass is 19.3. The van der Waals surface area contributed by atoms with Crippen molar-refractivity contribution in [2.24, 2.45) is 11.1 Å². The first-order valence-corrected chi connectivity index (χ1v) is 6.86. The standard InChI is InChI=1S/C14H16F2N2O3/c15-14(16)20-10-4-3-9(7-11(10)21-14)18-12(19)13(8-17)5-1-2-6-13/h3-4,7H,1-2,5-6,8,17H2,(H,18,19). The summed E-state index contributed by atoms with van der Waals surface area (Å²) in [6, 6.07) is 4.17. The third-order valence-electron chi connectivity index (χ3n) is 4.09. The molecule has 114 valence electrons. The van der Waals surface area contributed by atoms with Crippen LogP contribution in [0.15, 0.2) is 18.2 Å².